The second-order valence-corrected chi connectivity index (χ2v) is 5.91. The molecule has 0 saturated heterocycles. The Balaban J connectivity index is 1.83. The number of halogens is 1. The molecule has 142 valence electrons. The molecule has 7 heteroatoms. The summed E-state index contributed by atoms with van der Waals surface area (Å²) < 4.78 is 18.6. The lowest BCUT2D eigenvalue weighted by atomic mass is 10.1. The van der Waals surface area contributed by atoms with Crippen LogP contribution in [0.3, 0.4) is 0 Å². The lowest BCUT2D eigenvalue weighted by molar-refractivity contribution is -0.126. The number of nitrogens with one attached hydrogen (secondary N) is 2. The number of benzene rings is 2. The number of amides is 2. The average Bonchev–Trinajstić information content (AvgIpc) is 2.67. The summed E-state index contributed by atoms with van der Waals surface area (Å²) >= 11 is 0. The molecule has 2 rings (SSSR count). The summed E-state index contributed by atoms with van der Waals surface area (Å²) in [6, 6.07) is 11.5. The van der Waals surface area contributed by atoms with Crippen molar-refractivity contribution in [3.8, 4) is 5.75 Å². The van der Waals surface area contributed by atoms with E-state index in [4.69, 9.17) is 4.74 Å². The van der Waals surface area contributed by atoms with E-state index in [-0.39, 0.29) is 24.3 Å². The van der Waals surface area contributed by atoms with E-state index in [1.54, 1.807) is 30.3 Å². The SMILES string of the molecule is COc1cccc(C(=O)CCC(=O)NC(C)C(=O)Nc2ccccc2F)c1. The fraction of sp³-hybridized carbons (Fsp3) is 0.250. The van der Waals surface area contributed by atoms with E-state index in [1.807, 2.05) is 0 Å². The Bertz CT molecular complexity index is 838. The highest BCUT2D eigenvalue weighted by Gasteiger charge is 2.18. The summed E-state index contributed by atoms with van der Waals surface area (Å²) in [7, 11) is 1.50. The van der Waals surface area contributed by atoms with Crippen LogP contribution in [0.4, 0.5) is 10.1 Å². The van der Waals surface area contributed by atoms with Gasteiger partial charge in [0.2, 0.25) is 11.8 Å². The van der Waals surface area contributed by atoms with Crippen molar-refractivity contribution in [1.82, 2.24) is 5.32 Å². The normalized spacial score (nSPS) is 11.4. The lowest BCUT2D eigenvalue weighted by Crippen LogP contribution is -2.41. The molecular formula is C20H21FN2O4. The Morgan fingerprint density at radius 3 is 2.52 bits per heavy atom. The summed E-state index contributed by atoms with van der Waals surface area (Å²) in [5.41, 5.74) is 0.490. The van der Waals surface area contributed by atoms with Gasteiger partial charge in [-0.1, -0.05) is 24.3 Å². The molecule has 0 fully saturated rings. The summed E-state index contributed by atoms with van der Waals surface area (Å²) in [5.74, 6) is -1.19. The number of Topliss-reactive ketones (excluding diaryl/α,β-unsaturated/α-hetero) is 1. The molecule has 0 radical (unpaired) electrons. The molecule has 0 aliphatic rings. The van der Waals surface area contributed by atoms with Crippen molar-refractivity contribution < 1.29 is 23.5 Å². The number of hydrogen-bond acceptors (Lipinski definition) is 4. The van der Waals surface area contributed by atoms with Gasteiger partial charge in [-0.2, -0.15) is 0 Å². The van der Waals surface area contributed by atoms with Gasteiger partial charge in [0.05, 0.1) is 12.8 Å². The molecule has 0 aliphatic heterocycles. The Morgan fingerprint density at radius 1 is 1.07 bits per heavy atom. The van der Waals surface area contributed by atoms with Gasteiger partial charge in [0, 0.05) is 18.4 Å². The van der Waals surface area contributed by atoms with Crippen molar-refractivity contribution in [2.24, 2.45) is 0 Å². The molecule has 1 atom stereocenters. The zero-order chi connectivity index (χ0) is 19.8. The van der Waals surface area contributed by atoms with Gasteiger partial charge in [-0.25, -0.2) is 4.39 Å². The Labute approximate surface area is 156 Å². The number of anilines is 1. The molecule has 0 heterocycles. The molecule has 2 amide bonds. The number of rotatable bonds is 8. The highest BCUT2D eigenvalue weighted by Crippen LogP contribution is 2.15. The predicted molar refractivity (Wildman–Crippen MR) is 99.2 cm³/mol. The highest BCUT2D eigenvalue weighted by molar-refractivity contribution is 5.99. The van der Waals surface area contributed by atoms with Crippen LogP contribution in [-0.4, -0.2) is 30.7 Å². The molecule has 1 unspecified atom stereocenters. The van der Waals surface area contributed by atoms with Gasteiger partial charge in [0.25, 0.3) is 0 Å². The fourth-order valence-electron chi connectivity index (χ4n) is 2.35. The zero-order valence-corrected chi connectivity index (χ0v) is 15.1. The van der Waals surface area contributed by atoms with Crippen LogP contribution in [0, 0.1) is 5.82 Å². The lowest BCUT2D eigenvalue weighted by Gasteiger charge is -2.14. The van der Waals surface area contributed by atoms with Gasteiger partial charge in [-0.3, -0.25) is 14.4 Å². The summed E-state index contributed by atoms with van der Waals surface area (Å²) in [4.78, 5) is 36.2. The van der Waals surface area contributed by atoms with Crippen LogP contribution >= 0.6 is 0 Å². The van der Waals surface area contributed by atoms with Crippen molar-refractivity contribution in [3.05, 3.63) is 59.9 Å². The first kappa shape index (κ1) is 20.1. The topological polar surface area (TPSA) is 84.5 Å². The molecule has 0 aliphatic carbocycles. The van der Waals surface area contributed by atoms with E-state index in [0.717, 1.165) is 0 Å². The molecule has 0 saturated carbocycles. The molecule has 2 N–H and O–H groups in total. The maximum Gasteiger partial charge on any atom is 0.246 e. The molecule has 6 nitrogen and oxygen atoms in total. The fourth-order valence-corrected chi connectivity index (χ4v) is 2.35. The van der Waals surface area contributed by atoms with Crippen molar-refractivity contribution >= 4 is 23.3 Å². The minimum atomic E-state index is -0.871. The van der Waals surface area contributed by atoms with Gasteiger partial charge in [0.15, 0.2) is 5.78 Å². The van der Waals surface area contributed by atoms with E-state index >= 15 is 0 Å². The van der Waals surface area contributed by atoms with Crippen molar-refractivity contribution in [3.63, 3.8) is 0 Å². The maximum atomic E-state index is 13.6. The number of ketones is 1. The standard InChI is InChI=1S/C20H21FN2O4/c1-13(20(26)23-17-9-4-3-8-16(17)21)22-19(25)11-10-18(24)14-6-5-7-15(12-14)27-2/h3-9,12-13H,10-11H2,1-2H3,(H,22,25)(H,23,26). The van der Waals surface area contributed by atoms with Gasteiger partial charge in [-0.15, -0.1) is 0 Å². The Kier molecular flexibility index (Phi) is 7.05. The number of hydrogen-bond donors (Lipinski definition) is 2. The van der Waals surface area contributed by atoms with E-state index in [1.165, 1.54) is 32.2 Å². The predicted octanol–water partition coefficient (Wildman–Crippen LogP) is 2.94. The highest BCUT2D eigenvalue weighted by atomic mass is 19.1. The van der Waals surface area contributed by atoms with Crippen LogP contribution < -0.4 is 15.4 Å². The smallest absolute Gasteiger partial charge is 0.246 e. The van der Waals surface area contributed by atoms with Gasteiger partial charge in [-0.05, 0) is 31.2 Å². The second kappa shape index (κ2) is 9.47. The molecular weight excluding hydrogens is 351 g/mol. The first-order chi connectivity index (χ1) is 12.9. The van der Waals surface area contributed by atoms with E-state index in [2.05, 4.69) is 10.6 Å². The first-order valence-electron chi connectivity index (χ1n) is 8.42. The van der Waals surface area contributed by atoms with Crippen LogP contribution in [-0.2, 0) is 9.59 Å². The monoisotopic (exact) mass is 372 g/mol. The van der Waals surface area contributed by atoms with Crippen molar-refractivity contribution in [2.75, 3.05) is 12.4 Å². The number of ether oxygens (including phenoxy) is 1. The van der Waals surface area contributed by atoms with Gasteiger partial charge in [0.1, 0.15) is 17.6 Å². The van der Waals surface area contributed by atoms with Crippen LogP contribution in [0.25, 0.3) is 0 Å². The number of methoxy groups -OCH3 is 1. The molecule has 2 aromatic carbocycles. The molecule has 0 aromatic heterocycles. The molecule has 27 heavy (non-hydrogen) atoms. The molecule has 0 spiro atoms. The van der Waals surface area contributed by atoms with Crippen LogP contribution in [0.15, 0.2) is 48.5 Å². The first-order valence-corrected chi connectivity index (χ1v) is 8.42. The van der Waals surface area contributed by atoms with Gasteiger partial charge >= 0.3 is 0 Å². The number of carbonyl (C=O) groups is 3. The minimum Gasteiger partial charge on any atom is -0.497 e. The third kappa shape index (κ3) is 5.91. The average molecular weight is 372 g/mol. The van der Waals surface area contributed by atoms with E-state index in [9.17, 15) is 18.8 Å². The summed E-state index contributed by atoms with van der Waals surface area (Å²) in [5, 5.41) is 4.91. The third-order valence-electron chi connectivity index (χ3n) is 3.87. The zero-order valence-electron chi connectivity index (χ0n) is 15.1. The van der Waals surface area contributed by atoms with Crippen molar-refractivity contribution in [1.29, 1.82) is 0 Å². The van der Waals surface area contributed by atoms with Crippen molar-refractivity contribution in [2.45, 2.75) is 25.8 Å². The maximum absolute atomic E-state index is 13.6. The third-order valence-corrected chi connectivity index (χ3v) is 3.87. The largest absolute Gasteiger partial charge is 0.497 e. The van der Waals surface area contributed by atoms with Crippen LogP contribution in [0.2, 0.25) is 0 Å². The summed E-state index contributed by atoms with van der Waals surface area (Å²) in [6.07, 6.45) is -0.0615. The van der Waals surface area contributed by atoms with Crippen LogP contribution in [0.5, 0.6) is 5.75 Å². The molecule has 0 bridgehead atoms. The molecule has 2 aromatic rings. The number of para-hydroxylation sites is 1. The summed E-state index contributed by atoms with van der Waals surface area (Å²) in [6.45, 7) is 1.48. The van der Waals surface area contributed by atoms with E-state index in [0.29, 0.717) is 11.3 Å². The Morgan fingerprint density at radius 2 is 1.81 bits per heavy atom. The number of carbonyl (C=O) groups excluding carboxylic acids is 3. The Hall–Kier alpha value is -3.22. The second-order valence-electron chi connectivity index (χ2n) is 5.91. The van der Waals surface area contributed by atoms with Gasteiger partial charge < -0.3 is 15.4 Å². The quantitative estimate of drug-likeness (QED) is 0.698. The van der Waals surface area contributed by atoms with Crippen LogP contribution in [0.1, 0.15) is 30.1 Å². The minimum absolute atomic E-state index is 0.000648. The van der Waals surface area contributed by atoms with E-state index < -0.39 is 23.7 Å².